The van der Waals surface area contributed by atoms with Crippen molar-refractivity contribution >= 4 is 12.1 Å². The van der Waals surface area contributed by atoms with Gasteiger partial charge in [-0.1, -0.05) is 24.8 Å². The van der Waals surface area contributed by atoms with Crippen LogP contribution in [0.3, 0.4) is 0 Å². The maximum atomic E-state index is 11.5. The molecule has 1 aromatic carbocycles. The number of carboxylic acids is 1. The molecule has 1 unspecified atom stereocenters. The Morgan fingerprint density at radius 3 is 3.05 bits per heavy atom. The molecule has 0 fully saturated rings. The predicted molar refractivity (Wildman–Crippen MR) is 80.2 cm³/mol. The van der Waals surface area contributed by atoms with E-state index in [-0.39, 0.29) is 25.5 Å². The van der Waals surface area contributed by atoms with E-state index in [9.17, 15) is 9.59 Å². The van der Waals surface area contributed by atoms with Crippen LogP contribution in [0.4, 0.5) is 4.79 Å². The molecule has 6 nitrogen and oxygen atoms in total. The number of carbonyl (C=O) groups excluding carboxylic acids is 1. The average molecular weight is 305 g/mol. The molecule has 1 heterocycles. The van der Waals surface area contributed by atoms with E-state index in [1.54, 1.807) is 0 Å². The van der Waals surface area contributed by atoms with Gasteiger partial charge in [0.05, 0.1) is 13.0 Å². The maximum Gasteiger partial charge on any atom is 0.407 e. The fourth-order valence-corrected chi connectivity index (χ4v) is 2.37. The van der Waals surface area contributed by atoms with Crippen molar-refractivity contribution in [2.75, 3.05) is 19.8 Å². The first-order chi connectivity index (χ1) is 10.6. The van der Waals surface area contributed by atoms with Crippen LogP contribution in [-0.4, -0.2) is 36.9 Å². The van der Waals surface area contributed by atoms with E-state index >= 15 is 0 Å². The van der Waals surface area contributed by atoms with Crippen LogP contribution in [0.2, 0.25) is 0 Å². The lowest BCUT2D eigenvalue weighted by Gasteiger charge is -2.17. The molecule has 2 rings (SSSR count). The van der Waals surface area contributed by atoms with Gasteiger partial charge in [0.2, 0.25) is 0 Å². The Morgan fingerprint density at radius 1 is 1.50 bits per heavy atom. The summed E-state index contributed by atoms with van der Waals surface area (Å²) in [6.45, 7) is 4.41. The van der Waals surface area contributed by atoms with Crippen molar-refractivity contribution in [2.24, 2.45) is 0 Å². The fraction of sp³-hybridized carbons (Fsp3) is 0.375. The first-order valence-corrected chi connectivity index (χ1v) is 7.09. The number of fused-ring (bicyclic) bond motifs is 1. The van der Waals surface area contributed by atoms with E-state index in [2.05, 4.69) is 11.9 Å². The number of hydrogen-bond donors (Lipinski definition) is 2. The van der Waals surface area contributed by atoms with E-state index < -0.39 is 12.1 Å². The second-order valence-corrected chi connectivity index (χ2v) is 5.03. The summed E-state index contributed by atoms with van der Waals surface area (Å²) in [7, 11) is 0. The number of alkyl carbamates (subject to hydrolysis) is 1. The molecule has 22 heavy (non-hydrogen) atoms. The second kappa shape index (κ2) is 7.49. The number of nitrogens with one attached hydrogen (secondary N) is 1. The lowest BCUT2D eigenvalue weighted by Crippen LogP contribution is -2.30. The Labute approximate surface area is 128 Å². The number of amides is 1. The van der Waals surface area contributed by atoms with Gasteiger partial charge in [-0.05, 0) is 17.2 Å². The Hall–Kier alpha value is -2.50. The Balaban J connectivity index is 2.04. The van der Waals surface area contributed by atoms with E-state index in [0.717, 1.165) is 23.3 Å². The van der Waals surface area contributed by atoms with Gasteiger partial charge in [0.1, 0.15) is 12.4 Å². The maximum absolute atomic E-state index is 11.5. The van der Waals surface area contributed by atoms with Crippen molar-refractivity contribution in [3.05, 3.63) is 42.0 Å². The molecule has 0 radical (unpaired) electrons. The monoisotopic (exact) mass is 305 g/mol. The molecule has 1 aromatic rings. The summed E-state index contributed by atoms with van der Waals surface area (Å²) in [6, 6.07) is 5.64. The Bertz CT molecular complexity index is 570. The number of aliphatic carboxylic acids is 1. The molecule has 118 valence electrons. The first kappa shape index (κ1) is 15.9. The molecule has 1 atom stereocenters. The van der Waals surface area contributed by atoms with Crippen LogP contribution in [0, 0.1) is 0 Å². The van der Waals surface area contributed by atoms with Crippen LogP contribution >= 0.6 is 0 Å². The molecular formula is C16H19NO5. The van der Waals surface area contributed by atoms with Crippen LogP contribution in [0.5, 0.6) is 5.75 Å². The van der Waals surface area contributed by atoms with Gasteiger partial charge < -0.3 is 19.9 Å². The van der Waals surface area contributed by atoms with Crippen molar-refractivity contribution in [2.45, 2.75) is 18.8 Å². The third-order valence-corrected chi connectivity index (χ3v) is 3.43. The minimum atomic E-state index is -0.914. The molecule has 0 bridgehead atoms. The van der Waals surface area contributed by atoms with Crippen LogP contribution in [0.1, 0.15) is 23.5 Å². The van der Waals surface area contributed by atoms with Crippen LogP contribution < -0.4 is 10.1 Å². The molecule has 1 aliphatic rings. The van der Waals surface area contributed by atoms with Crippen molar-refractivity contribution in [3.63, 3.8) is 0 Å². The zero-order valence-electron chi connectivity index (χ0n) is 12.2. The highest BCUT2D eigenvalue weighted by Crippen LogP contribution is 2.29. The highest BCUT2D eigenvalue weighted by molar-refractivity contribution is 5.69. The number of ether oxygens (including phenoxy) is 2. The third kappa shape index (κ3) is 4.25. The molecule has 0 aromatic heterocycles. The predicted octanol–water partition coefficient (Wildman–Crippen LogP) is 2.09. The van der Waals surface area contributed by atoms with Gasteiger partial charge in [0.15, 0.2) is 0 Å². The topological polar surface area (TPSA) is 84.9 Å². The molecule has 1 aliphatic heterocycles. The van der Waals surface area contributed by atoms with E-state index in [4.69, 9.17) is 14.6 Å². The average Bonchev–Trinajstić information content (AvgIpc) is 2.96. The third-order valence-electron chi connectivity index (χ3n) is 3.43. The van der Waals surface area contributed by atoms with Crippen LogP contribution in [0.25, 0.3) is 0 Å². The highest BCUT2D eigenvalue weighted by atomic mass is 16.5. The number of hydrogen-bond acceptors (Lipinski definition) is 4. The Morgan fingerprint density at radius 2 is 2.32 bits per heavy atom. The molecular weight excluding hydrogens is 286 g/mol. The fourth-order valence-electron chi connectivity index (χ4n) is 2.37. The standard InChI is InChI=1S/C16H19NO5/c1-2-6-22-16(20)17-10-13(9-15(18)19)11-3-4-14-12(8-11)5-7-21-14/h2-4,8,13H,1,5-7,9-10H2,(H,17,20)(H,18,19). The van der Waals surface area contributed by atoms with E-state index in [1.807, 2.05) is 18.2 Å². The van der Waals surface area contributed by atoms with Gasteiger partial charge in [-0.15, -0.1) is 0 Å². The van der Waals surface area contributed by atoms with Crippen LogP contribution in [0.15, 0.2) is 30.9 Å². The number of rotatable bonds is 7. The lowest BCUT2D eigenvalue weighted by atomic mass is 9.93. The van der Waals surface area contributed by atoms with E-state index in [0.29, 0.717) is 6.61 Å². The summed E-state index contributed by atoms with van der Waals surface area (Å²) in [4.78, 5) is 22.5. The minimum absolute atomic E-state index is 0.0681. The van der Waals surface area contributed by atoms with Crippen molar-refractivity contribution in [1.82, 2.24) is 5.32 Å². The molecule has 6 heteroatoms. The molecule has 0 saturated heterocycles. The summed E-state index contributed by atoms with van der Waals surface area (Å²) in [5.74, 6) is -0.390. The largest absolute Gasteiger partial charge is 0.493 e. The van der Waals surface area contributed by atoms with Gasteiger partial charge in [-0.2, -0.15) is 0 Å². The quantitative estimate of drug-likeness (QED) is 0.754. The highest BCUT2D eigenvalue weighted by Gasteiger charge is 2.20. The number of carbonyl (C=O) groups is 2. The van der Waals surface area contributed by atoms with Crippen molar-refractivity contribution in [3.8, 4) is 5.75 Å². The van der Waals surface area contributed by atoms with Gasteiger partial charge in [-0.25, -0.2) is 4.79 Å². The molecule has 0 spiro atoms. The van der Waals surface area contributed by atoms with Gasteiger partial charge in [0, 0.05) is 18.9 Å². The zero-order valence-corrected chi connectivity index (χ0v) is 12.2. The van der Waals surface area contributed by atoms with Crippen LogP contribution in [-0.2, 0) is 16.0 Å². The van der Waals surface area contributed by atoms with Gasteiger partial charge in [-0.3, -0.25) is 4.79 Å². The zero-order chi connectivity index (χ0) is 15.9. The molecule has 2 N–H and O–H groups in total. The summed E-state index contributed by atoms with van der Waals surface area (Å²) >= 11 is 0. The number of carboxylic acid groups (broad SMARTS) is 1. The number of benzene rings is 1. The smallest absolute Gasteiger partial charge is 0.407 e. The lowest BCUT2D eigenvalue weighted by molar-refractivity contribution is -0.137. The molecule has 0 aliphatic carbocycles. The molecule has 1 amide bonds. The van der Waals surface area contributed by atoms with E-state index in [1.165, 1.54) is 6.08 Å². The van der Waals surface area contributed by atoms with Crippen molar-refractivity contribution in [1.29, 1.82) is 0 Å². The van der Waals surface area contributed by atoms with Gasteiger partial charge >= 0.3 is 12.1 Å². The summed E-state index contributed by atoms with van der Waals surface area (Å²) in [5, 5.41) is 11.6. The second-order valence-electron chi connectivity index (χ2n) is 5.03. The summed E-state index contributed by atoms with van der Waals surface area (Å²) < 4.78 is 10.3. The Kier molecular flexibility index (Phi) is 5.41. The normalized spacial score (nSPS) is 13.6. The minimum Gasteiger partial charge on any atom is -0.493 e. The first-order valence-electron chi connectivity index (χ1n) is 7.09. The summed E-state index contributed by atoms with van der Waals surface area (Å²) in [5.41, 5.74) is 1.94. The summed E-state index contributed by atoms with van der Waals surface area (Å²) in [6.07, 6.45) is 1.63. The SMILES string of the molecule is C=CCOC(=O)NCC(CC(=O)O)c1ccc2c(c1)CCO2. The van der Waals surface area contributed by atoms with Gasteiger partial charge in [0.25, 0.3) is 0 Å². The van der Waals surface area contributed by atoms with Crippen molar-refractivity contribution < 1.29 is 24.2 Å². The molecule has 0 saturated carbocycles.